The Morgan fingerprint density at radius 1 is 0.891 bits per heavy atom. The number of para-hydroxylation sites is 2. The number of ether oxygens (including phenoxy) is 2. The third-order valence-corrected chi connectivity index (χ3v) is 8.53. The lowest BCUT2D eigenvalue weighted by Crippen LogP contribution is -2.32. The van der Waals surface area contributed by atoms with Gasteiger partial charge in [-0.2, -0.15) is 0 Å². The fourth-order valence-corrected chi connectivity index (χ4v) is 5.55. The molecule has 46 heavy (non-hydrogen) atoms. The van der Waals surface area contributed by atoms with Crippen molar-refractivity contribution in [2.45, 2.75) is 70.2 Å². The molecular weight excluding hydrogens is 629 g/mol. The van der Waals surface area contributed by atoms with E-state index >= 15 is 0 Å². The van der Waals surface area contributed by atoms with Crippen molar-refractivity contribution in [3.05, 3.63) is 106 Å². The monoisotopic (exact) mass is 665 g/mol. The van der Waals surface area contributed by atoms with Crippen molar-refractivity contribution < 1.29 is 24.2 Å². The molecule has 12 heteroatoms. The summed E-state index contributed by atoms with van der Waals surface area (Å²) >= 11 is 12.4. The Morgan fingerprint density at radius 3 is 2.22 bits per heavy atom. The number of aliphatic hydroxyl groups is 1. The van der Waals surface area contributed by atoms with Gasteiger partial charge in [-0.1, -0.05) is 78.2 Å². The lowest BCUT2D eigenvalue weighted by molar-refractivity contribution is -0.252. The Kier molecular flexibility index (Phi) is 11.7. The molecule has 1 saturated heterocycles. The number of nitrogen functional groups attached to an aromatic ring is 1. The summed E-state index contributed by atoms with van der Waals surface area (Å²) in [6.07, 6.45) is 3.77. The number of aliphatic hydroxyl groups excluding tert-OH is 1. The minimum Gasteiger partial charge on any atom is -0.397 e. The molecule has 242 valence electrons. The fourth-order valence-electron chi connectivity index (χ4n) is 5.24. The summed E-state index contributed by atoms with van der Waals surface area (Å²) in [4.78, 5) is 28.8. The first-order valence-electron chi connectivity index (χ1n) is 15.2. The van der Waals surface area contributed by atoms with Gasteiger partial charge in [-0.05, 0) is 48.2 Å². The maximum absolute atomic E-state index is 12.6. The molecule has 5 N–H and O–H groups in total. The van der Waals surface area contributed by atoms with E-state index in [0.717, 1.165) is 23.1 Å². The van der Waals surface area contributed by atoms with Gasteiger partial charge < -0.3 is 35.5 Å². The van der Waals surface area contributed by atoms with Crippen molar-refractivity contribution in [3.63, 3.8) is 0 Å². The van der Waals surface area contributed by atoms with Gasteiger partial charge in [-0.25, -0.2) is 4.98 Å². The molecule has 1 aliphatic rings. The lowest BCUT2D eigenvalue weighted by atomic mass is 10.00. The van der Waals surface area contributed by atoms with Gasteiger partial charge in [0, 0.05) is 30.5 Å². The second kappa shape index (κ2) is 16.1. The van der Waals surface area contributed by atoms with Crippen molar-refractivity contribution in [1.82, 2.24) is 9.55 Å². The summed E-state index contributed by atoms with van der Waals surface area (Å²) < 4.78 is 14.5. The molecule has 1 aliphatic heterocycles. The van der Waals surface area contributed by atoms with E-state index in [9.17, 15) is 14.7 Å². The molecule has 0 unspecified atom stereocenters. The summed E-state index contributed by atoms with van der Waals surface area (Å²) in [7, 11) is 0. The normalized spacial score (nSPS) is 17.8. The summed E-state index contributed by atoms with van der Waals surface area (Å²) in [5.74, 6) is -0.192. The van der Waals surface area contributed by atoms with E-state index in [1.54, 1.807) is 23.0 Å². The largest absolute Gasteiger partial charge is 0.397 e. The van der Waals surface area contributed by atoms with Gasteiger partial charge in [-0.15, -0.1) is 0 Å². The van der Waals surface area contributed by atoms with Crippen LogP contribution in [0.4, 0.5) is 17.1 Å². The van der Waals surface area contributed by atoms with E-state index < -0.39 is 6.29 Å². The van der Waals surface area contributed by atoms with Crippen LogP contribution in [0.3, 0.4) is 0 Å². The number of benzene rings is 3. The summed E-state index contributed by atoms with van der Waals surface area (Å²) in [6, 6.07) is 22.2. The highest BCUT2D eigenvalue weighted by atomic mass is 35.5. The van der Waals surface area contributed by atoms with Crippen LogP contribution in [0, 0.1) is 0 Å². The maximum Gasteiger partial charge on any atom is 0.224 e. The van der Waals surface area contributed by atoms with Crippen molar-refractivity contribution in [3.8, 4) is 0 Å². The van der Waals surface area contributed by atoms with Crippen molar-refractivity contribution >= 4 is 52.1 Å². The standard InChI is InChI=1S/C34H37Cl2N5O5/c35-32-33(36)41(21-38-32)19-26-18-29(23-12-10-22(20-42)11-13-23)46-34(45-26)24-14-16-25(17-15-24)39-30(43)8-2-1-3-9-31(44)40-28-7-5-4-6-27(28)37/h4-7,10-17,21,26,29,34,42H,1-3,8-9,18-20,37H2,(H,39,43)(H,40,44)/t26-,29+,34+/m0/s1. The Labute approximate surface area is 277 Å². The number of carbonyl (C=O) groups excluding carboxylic acids is 2. The van der Waals surface area contributed by atoms with Gasteiger partial charge in [0.25, 0.3) is 0 Å². The predicted octanol–water partition coefficient (Wildman–Crippen LogP) is 7.04. The molecule has 3 atom stereocenters. The second-order valence-corrected chi connectivity index (χ2v) is 11.9. The van der Waals surface area contributed by atoms with Crippen LogP contribution in [0.1, 0.15) is 67.6 Å². The molecule has 3 aromatic carbocycles. The minimum atomic E-state index is -0.667. The molecule has 10 nitrogen and oxygen atoms in total. The number of carbonyl (C=O) groups is 2. The van der Waals surface area contributed by atoms with E-state index in [1.807, 2.05) is 60.7 Å². The Morgan fingerprint density at radius 2 is 1.57 bits per heavy atom. The number of nitrogens with two attached hydrogens (primary N) is 1. The quantitative estimate of drug-likeness (QED) is 0.0887. The number of rotatable bonds is 13. The van der Waals surface area contributed by atoms with Crippen LogP contribution >= 0.6 is 23.2 Å². The molecule has 5 rings (SSSR count). The van der Waals surface area contributed by atoms with E-state index in [1.165, 1.54) is 0 Å². The summed E-state index contributed by atoms with van der Waals surface area (Å²) in [5.41, 5.74) is 10.3. The second-order valence-electron chi connectivity index (χ2n) is 11.2. The van der Waals surface area contributed by atoms with Crippen molar-refractivity contribution in [2.75, 3.05) is 16.4 Å². The Balaban J connectivity index is 1.12. The number of nitrogens with one attached hydrogen (secondary N) is 2. The highest BCUT2D eigenvalue weighted by molar-refractivity contribution is 6.40. The minimum absolute atomic E-state index is 0.0346. The SMILES string of the molecule is Nc1ccccc1NC(=O)CCCCCC(=O)Nc1ccc([C@@H]2O[C@H](Cn3cnc(Cl)c3Cl)C[C@H](c3ccc(CO)cc3)O2)cc1. The average Bonchev–Trinajstić information content (AvgIpc) is 3.38. The first-order chi connectivity index (χ1) is 22.3. The van der Waals surface area contributed by atoms with Gasteiger partial charge in [0.1, 0.15) is 5.15 Å². The Hall–Kier alpha value is -3.93. The van der Waals surface area contributed by atoms with E-state index in [4.69, 9.17) is 38.4 Å². The number of nitrogens with zero attached hydrogens (tertiary/aromatic N) is 2. The van der Waals surface area contributed by atoms with Gasteiger partial charge in [0.15, 0.2) is 11.4 Å². The summed E-state index contributed by atoms with van der Waals surface area (Å²) in [6.45, 7) is 0.400. The number of amides is 2. The number of anilines is 3. The molecule has 1 fully saturated rings. The van der Waals surface area contributed by atoms with Gasteiger partial charge in [0.2, 0.25) is 11.8 Å². The molecule has 1 aromatic heterocycles. The molecule has 2 heterocycles. The van der Waals surface area contributed by atoms with Crippen LogP contribution in [0.15, 0.2) is 79.1 Å². The highest BCUT2D eigenvalue weighted by Gasteiger charge is 2.33. The summed E-state index contributed by atoms with van der Waals surface area (Å²) in [5, 5.41) is 15.8. The number of aromatic nitrogens is 2. The van der Waals surface area contributed by atoms with Gasteiger partial charge >= 0.3 is 0 Å². The molecular formula is C34H37Cl2N5O5. The van der Waals surface area contributed by atoms with E-state index in [2.05, 4.69) is 15.6 Å². The fraction of sp³-hybridized carbons (Fsp3) is 0.324. The molecule has 0 aliphatic carbocycles. The average molecular weight is 667 g/mol. The third kappa shape index (κ3) is 9.08. The first-order valence-corrected chi connectivity index (χ1v) is 16.0. The predicted molar refractivity (Wildman–Crippen MR) is 178 cm³/mol. The van der Waals surface area contributed by atoms with Crippen LogP contribution in [0.25, 0.3) is 0 Å². The van der Waals surface area contributed by atoms with Gasteiger partial charge in [0.05, 0.1) is 43.1 Å². The van der Waals surface area contributed by atoms with Crippen LogP contribution in [-0.4, -0.2) is 32.6 Å². The molecule has 0 bridgehead atoms. The number of hydrogen-bond donors (Lipinski definition) is 4. The van der Waals surface area contributed by atoms with E-state index in [0.29, 0.717) is 60.9 Å². The number of imidazole rings is 1. The van der Waals surface area contributed by atoms with Crippen molar-refractivity contribution in [2.24, 2.45) is 0 Å². The molecule has 0 spiro atoms. The van der Waals surface area contributed by atoms with Crippen LogP contribution in [-0.2, 0) is 32.2 Å². The lowest BCUT2D eigenvalue weighted by Gasteiger charge is -2.36. The van der Waals surface area contributed by atoms with Crippen molar-refractivity contribution in [1.29, 1.82) is 0 Å². The van der Waals surface area contributed by atoms with E-state index in [-0.39, 0.29) is 35.8 Å². The van der Waals surface area contributed by atoms with Crippen LogP contribution in [0.2, 0.25) is 10.3 Å². The third-order valence-electron chi connectivity index (χ3n) is 7.76. The topological polar surface area (TPSA) is 141 Å². The zero-order chi connectivity index (χ0) is 32.5. The van der Waals surface area contributed by atoms with Crippen LogP contribution in [0.5, 0.6) is 0 Å². The maximum atomic E-state index is 12.6. The molecule has 0 saturated carbocycles. The molecule has 2 amide bonds. The number of unbranched alkanes of at least 4 members (excludes halogenated alkanes) is 2. The molecule has 4 aromatic rings. The zero-order valence-corrected chi connectivity index (χ0v) is 26.7. The molecule has 0 radical (unpaired) electrons. The van der Waals surface area contributed by atoms with Gasteiger partial charge in [-0.3, -0.25) is 9.59 Å². The van der Waals surface area contributed by atoms with Crippen LogP contribution < -0.4 is 16.4 Å². The number of hydrogen-bond acceptors (Lipinski definition) is 7. The smallest absolute Gasteiger partial charge is 0.224 e. The first kappa shape index (κ1) is 33.4. The highest BCUT2D eigenvalue weighted by Crippen LogP contribution is 2.39. The number of halogens is 2. The zero-order valence-electron chi connectivity index (χ0n) is 25.2. The Bertz CT molecular complexity index is 1610.